The number of benzene rings is 2. The minimum atomic E-state index is -3.02. The highest BCUT2D eigenvalue weighted by atomic mass is 19.3. The second-order valence-corrected chi connectivity index (χ2v) is 5.50. The predicted molar refractivity (Wildman–Crippen MR) is 81.1 cm³/mol. The lowest BCUT2D eigenvalue weighted by Gasteiger charge is -2.15. The van der Waals surface area contributed by atoms with E-state index < -0.39 is 47.5 Å². The Hall–Kier alpha value is -3.04. The number of hydrogen-bond donors (Lipinski definition) is 0. The van der Waals surface area contributed by atoms with Gasteiger partial charge in [-0.05, 0) is 25.1 Å². The average molecular weight is 388 g/mol. The van der Waals surface area contributed by atoms with Crippen molar-refractivity contribution in [2.45, 2.75) is 19.6 Å². The first kappa shape index (κ1) is 18.7. The summed E-state index contributed by atoms with van der Waals surface area (Å²) >= 11 is 0. The van der Waals surface area contributed by atoms with Gasteiger partial charge in [-0.15, -0.1) is 0 Å². The molecule has 142 valence electrons. The normalized spacial score (nSPS) is 12.6. The first-order chi connectivity index (χ1) is 12.7. The topological polar surface area (TPSA) is 44.1 Å². The molecule has 1 aromatic heterocycles. The van der Waals surface area contributed by atoms with Crippen LogP contribution in [0, 0.1) is 23.3 Å². The van der Waals surface area contributed by atoms with Crippen LogP contribution in [0.2, 0.25) is 0 Å². The van der Waals surface area contributed by atoms with Gasteiger partial charge < -0.3 is 4.74 Å². The summed E-state index contributed by atoms with van der Waals surface area (Å²) < 4.78 is 85.3. The quantitative estimate of drug-likeness (QED) is 0.276. The molecule has 10 heteroatoms. The molecule has 1 atom stereocenters. The number of rotatable bonds is 4. The minimum Gasteiger partial charge on any atom is -0.451 e. The zero-order valence-corrected chi connectivity index (χ0v) is 13.5. The fraction of sp³-hybridized carbons (Fsp3) is 0.176. The van der Waals surface area contributed by atoms with Crippen molar-refractivity contribution < 1.29 is 35.9 Å². The fourth-order valence-corrected chi connectivity index (χ4v) is 2.55. The Kier molecular flexibility index (Phi) is 4.81. The summed E-state index contributed by atoms with van der Waals surface area (Å²) in [6, 6.07) is 6.01. The van der Waals surface area contributed by atoms with Crippen molar-refractivity contribution in [3.8, 4) is 0 Å². The van der Waals surface area contributed by atoms with E-state index in [1.54, 1.807) is 6.07 Å². The number of carbonyl (C=O) groups excluding carboxylic acids is 1. The van der Waals surface area contributed by atoms with Crippen LogP contribution in [-0.2, 0) is 4.74 Å². The van der Waals surface area contributed by atoms with Crippen LogP contribution < -0.4 is 0 Å². The van der Waals surface area contributed by atoms with Gasteiger partial charge in [0.25, 0.3) is 0 Å². The molecule has 0 bridgehead atoms. The molecule has 0 aliphatic heterocycles. The van der Waals surface area contributed by atoms with Gasteiger partial charge in [-0.3, -0.25) is 4.57 Å². The number of imidazole rings is 1. The summed E-state index contributed by atoms with van der Waals surface area (Å²) in [4.78, 5) is 16.0. The van der Waals surface area contributed by atoms with E-state index in [0.29, 0.717) is 4.57 Å². The molecule has 0 aliphatic carbocycles. The van der Waals surface area contributed by atoms with E-state index in [1.165, 1.54) is 25.1 Å². The third kappa shape index (κ3) is 3.22. The fourth-order valence-electron chi connectivity index (χ4n) is 2.55. The summed E-state index contributed by atoms with van der Waals surface area (Å²) in [5.74, 6) is -9.94. The average Bonchev–Trinajstić information content (AvgIpc) is 3.02. The number of ether oxygens (including phenoxy) is 1. The Labute approximate surface area is 148 Å². The van der Waals surface area contributed by atoms with Gasteiger partial charge in [0, 0.05) is 0 Å². The number of alkyl halides is 2. The zero-order chi connectivity index (χ0) is 19.9. The molecular weight excluding hydrogens is 378 g/mol. The number of nitrogens with zero attached hydrogens (tertiary/aromatic N) is 2. The number of halogens is 6. The molecular formula is C17H10F6N2O2. The Morgan fingerprint density at radius 1 is 1.07 bits per heavy atom. The number of esters is 1. The van der Waals surface area contributed by atoms with E-state index in [-0.39, 0.29) is 22.9 Å². The molecule has 1 heterocycles. The molecule has 0 N–H and O–H groups in total. The molecule has 0 fully saturated rings. The number of carbonyl (C=O) groups is 1. The van der Waals surface area contributed by atoms with Crippen molar-refractivity contribution in [2.75, 3.05) is 0 Å². The first-order valence-electron chi connectivity index (χ1n) is 7.51. The second kappa shape index (κ2) is 6.93. The highest BCUT2D eigenvalue weighted by Crippen LogP contribution is 2.29. The molecule has 0 saturated heterocycles. The zero-order valence-electron chi connectivity index (χ0n) is 13.5. The van der Waals surface area contributed by atoms with Crippen LogP contribution in [0.4, 0.5) is 26.3 Å². The Morgan fingerprint density at radius 3 is 2.41 bits per heavy atom. The Bertz CT molecular complexity index is 1030. The summed E-state index contributed by atoms with van der Waals surface area (Å²) in [7, 11) is 0. The summed E-state index contributed by atoms with van der Waals surface area (Å²) in [5.41, 5.74) is -0.950. The van der Waals surface area contributed by atoms with Gasteiger partial charge in [-0.2, -0.15) is 8.78 Å². The van der Waals surface area contributed by atoms with Gasteiger partial charge in [0.1, 0.15) is 5.56 Å². The molecule has 0 saturated carbocycles. The molecule has 0 amide bonds. The number of para-hydroxylation sites is 2. The maximum absolute atomic E-state index is 13.7. The van der Waals surface area contributed by atoms with Crippen molar-refractivity contribution in [1.82, 2.24) is 9.55 Å². The van der Waals surface area contributed by atoms with E-state index in [0.717, 1.165) is 0 Å². The largest absolute Gasteiger partial charge is 0.451 e. The third-order valence-electron chi connectivity index (χ3n) is 3.79. The Balaban J connectivity index is 1.97. The molecule has 3 rings (SSSR count). The smallest absolute Gasteiger partial charge is 0.342 e. The number of fused-ring (bicyclic) bond motifs is 1. The van der Waals surface area contributed by atoms with Gasteiger partial charge in [0.15, 0.2) is 35.2 Å². The SMILES string of the molecule is CC(OC(=O)c1cc(F)c(F)c(F)c1F)c1nc2ccccc2n1C(F)F. The van der Waals surface area contributed by atoms with E-state index in [4.69, 9.17) is 4.74 Å². The van der Waals surface area contributed by atoms with Crippen LogP contribution in [0.15, 0.2) is 30.3 Å². The van der Waals surface area contributed by atoms with Gasteiger partial charge >= 0.3 is 12.5 Å². The van der Waals surface area contributed by atoms with Crippen LogP contribution >= 0.6 is 0 Å². The summed E-state index contributed by atoms with van der Waals surface area (Å²) in [6.07, 6.45) is -1.42. The van der Waals surface area contributed by atoms with Gasteiger partial charge in [0.05, 0.1) is 11.0 Å². The molecule has 0 aliphatic rings. The molecule has 1 unspecified atom stereocenters. The number of hydrogen-bond acceptors (Lipinski definition) is 3. The second-order valence-electron chi connectivity index (χ2n) is 5.50. The van der Waals surface area contributed by atoms with Crippen LogP contribution in [0.1, 0.15) is 35.8 Å². The Morgan fingerprint density at radius 2 is 1.74 bits per heavy atom. The van der Waals surface area contributed by atoms with Gasteiger partial charge in [0.2, 0.25) is 0 Å². The molecule has 4 nitrogen and oxygen atoms in total. The van der Waals surface area contributed by atoms with Crippen molar-refractivity contribution in [3.63, 3.8) is 0 Å². The highest BCUT2D eigenvalue weighted by molar-refractivity contribution is 5.90. The maximum Gasteiger partial charge on any atom is 0.342 e. The standard InChI is InChI=1S/C17H10F6N2O2/c1-7(15-24-10-4-2-3-5-11(10)25(15)17(22)23)27-16(26)8-6-9(18)13(20)14(21)12(8)19/h2-7,17H,1H3. The van der Waals surface area contributed by atoms with E-state index >= 15 is 0 Å². The lowest BCUT2D eigenvalue weighted by molar-refractivity contribution is 0.0227. The lowest BCUT2D eigenvalue weighted by Crippen LogP contribution is -2.17. The third-order valence-corrected chi connectivity index (χ3v) is 3.79. The minimum absolute atomic E-state index is 0.0652. The molecule has 3 aromatic rings. The summed E-state index contributed by atoms with van der Waals surface area (Å²) in [5, 5.41) is 0. The number of aromatic nitrogens is 2. The first-order valence-corrected chi connectivity index (χ1v) is 7.51. The van der Waals surface area contributed by atoms with Crippen molar-refractivity contribution >= 4 is 17.0 Å². The van der Waals surface area contributed by atoms with Gasteiger partial charge in [-0.25, -0.2) is 27.3 Å². The van der Waals surface area contributed by atoms with Crippen molar-refractivity contribution in [2.24, 2.45) is 0 Å². The van der Waals surface area contributed by atoms with Crippen LogP contribution in [0.3, 0.4) is 0 Å². The lowest BCUT2D eigenvalue weighted by atomic mass is 10.2. The van der Waals surface area contributed by atoms with E-state index in [9.17, 15) is 31.1 Å². The van der Waals surface area contributed by atoms with Crippen molar-refractivity contribution in [3.05, 3.63) is 65.0 Å². The monoisotopic (exact) mass is 388 g/mol. The summed E-state index contributed by atoms with van der Waals surface area (Å²) in [6.45, 7) is -1.85. The molecule has 27 heavy (non-hydrogen) atoms. The molecule has 0 radical (unpaired) electrons. The molecule has 2 aromatic carbocycles. The van der Waals surface area contributed by atoms with Crippen LogP contribution in [-0.4, -0.2) is 15.5 Å². The van der Waals surface area contributed by atoms with Gasteiger partial charge in [-0.1, -0.05) is 12.1 Å². The van der Waals surface area contributed by atoms with Crippen LogP contribution in [0.5, 0.6) is 0 Å². The maximum atomic E-state index is 13.7. The van der Waals surface area contributed by atoms with Crippen LogP contribution in [0.25, 0.3) is 11.0 Å². The van der Waals surface area contributed by atoms with E-state index in [2.05, 4.69) is 4.98 Å². The van der Waals surface area contributed by atoms with E-state index in [1.807, 2.05) is 0 Å². The van der Waals surface area contributed by atoms with Crippen molar-refractivity contribution in [1.29, 1.82) is 0 Å². The predicted octanol–water partition coefficient (Wildman–Crippen LogP) is 4.91. The highest BCUT2D eigenvalue weighted by Gasteiger charge is 2.28. The molecule has 0 spiro atoms.